The Bertz CT molecular complexity index is 1170. The number of carbonyl (C=O) groups excluding carboxylic acids is 1. The van der Waals surface area contributed by atoms with E-state index in [1.807, 2.05) is 26.0 Å². The van der Waals surface area contributed by atoms with Crippen LogP contribution in [-0.2, 0) is 11.3 Å². The highest BCUT2D eigenvalue weighted by molar-refractivity contribution is 6.30. The summed E-state index contributed by atoms with van der Waals surface area (Å²) in [4.78, 5) is 25.5. The smallest absolute Gasteiger partial charge is 0.338 e. The van der Waals surface area contributed by atoms with Crippen molar-refractivity contribution in [2.45, 2.75) is 20.5 Å². The molecule has 0 aliphatic rings. The predicted molar refractivity (Wildman–Crippen MR) is 105 cm³/mol. The number of hydrogen-bond acceptors (Lipinski definition) is 6. The molecule has 0 saturated carbocycles. The number of aromatic nitrogens is 3. The molecular weight excluding hydrogens is 378 g/mol. The lowest BCUT2D eigenvalue weighted by atomic mass is 10.2. The predicted octanol–water partition coefficient (Wildman–Crippen LogP) is 4.91. The Morgan fingerprint density at radius 1 is 1.04 bits per heavy atom. The van der Waals surface area contributed by atoms with Crippen molar-refractivity contribution in [3.63, 3.8) is 0 Å². The Kier molecular flexibility index (Phi) is 4.79. The number of halogens is 1. The van der Waals surface area contributed by atoms with Gasteiger partial charge in [-0.05, 0) is 56.3 Å². The van der Waals surface area contributed by atoms with Crippen LogP contribution in [0.5, 0.6) is 0 Å². The molecule has 0 amide bonds. The summed E-state index contributed by atoms with van der Waals surface area (Å²) in [5.41, 5.74) is 4.32. The molecule has 0 aliphatic carbocycles. The summed E-state index contributed by atoms with van der Waals surface area (Å²) >= 11 is 5.89. The maximum absolute atomic E-state index is 12.4. The van der Waals surface area contributed by atoms with Crippen molar-refractivity contribution < 1.29 is 13.9 Å². The van der Waals surface area contributed by atoms with Gasteiger partial charge in [0.2, 0.25) is 5.89 Å². The summed E-state index contributed by atoms with van der Waals surface area (Å²) in [6.45, 7) is 3.72. The van der Waals surface area contributed by atoms with Crippen LogP contribution in [0.4, 0.5) is 0 Å². The summed E-state index contributed by atoms with van der Waals surface area (Å²) in [6, 6.07) is 12.3. The average Bonchev–Trinajstić information content (AvgIpc) is 3.16. The molecule has 0 N–H and O–H groups in total. The van der Waals surface area contributed by atoms with Crippen LogP contribution in [0.25, 0.3) is 22.4 Å². The third kappa shape index (κ3) is 3.73. The van der Waals surface area contributed by atoms with E-state index in [2.05, 4.69) is 15.0 Å². The van der Waals surface area contributed by atoms with Gasteiger partial charge in [0.15, 0.2) is 12.4 Å². The van der Waals surface area contributed by atoms with Crippen molar-refractivity contribution in [3.8, 4) is 11.3 Å². The number of esters is 1. The molecule has 0 unspecified atom stereocenters. The fourth-order valence-electron chi connectivity index (χ4n) is 2.69. The van der Waals surface area contributed by atoms with Crippen LogP contribution >= 0.6 is 11.6 Å². The van der Waals surface area contributed by atoms with Crippen molar-refractivity contribution in [3.05, 3.63) is 76.5 Å². The number of aryl methyl sites for hydroxylation is 2. The molecule has 2 heterocycles. The van der Waals surface area contributed by atoms with Gasteiger partial charge in [-0.15, -0.1) is 0 Å². The SMILES string of the molecule is Cc1nc2ccc(C(=O)OCc3ncc(-c4ccc(Cl)cc4)o3)cc2nc1C. The molecule has 0 bridgehead atoms. The molecule has 2 aromatic carbocycles. The minimum Gasteiger partial charge on any atom is -0.452 e. The summed E-state index contributed by atoms with van der Waals surface area (Å²) < 4.78 is 11.0. The number of benzene rings is 2. The molecule has 0 spiro atoms. The minimum atomic E-state index is -0.479. The number of nitrogens with zero attached hydrogens (tertiary/aromatic N) is 3. The van der Waals surface area contributed by atoms with Crippen molar-refractivity contribution in [2.75, 3.05) is 0 Å². The van der Waals surface area contributed by atoms with Crippen LogP contribution < -0.4 is 0 Å². The summed E-state index contributed by atoms with van der Waals surface area (Å²) in [6.07, 6.45) is 1.59. The highest BCUT2D eigenvalue weighted by Crippen LogP contribution is 2.23. The summed E-state index contributed by atoms with van der Waals surface area (Å²) in [5.74, 6) is 0.410. The van der Waals surface area contributed by atoms with Crippen LogP contribution in [0.1, 0.15) is 27.6 Å². The molecule has 0 atom stereocenters. The average molecular weight is 394 g/mol. The molecule has 7 heteroatoms. The summed E-state index contributed by atoms with van der Waals surface area (Å²) in [5, 5.41) is 0.642. The molecule has 2 aromatic heterocycles. The highest BCUT2D eigenvalue weighted by atomic mass is 35.5. The van der Waals surface area contributed by atoms with Gasteiger partial charge in [-0.25, -0.2) is 19.7 Å². The van der Waals surface area contributed by atoms with E-state index in [0.717, 1.165) is 22.5 Å². The van der Waals surface area contributed by atoms with Gasteiger partial charge in [-0.2, -0.15) is 0 Å². The van der Waals surface area contributed by atoms with Gasteiger partial charge < -0.3 is 9.15 Å². The number of carbonyl (C=O) groups is 1. The lowest BCUT2D eigenvalue weighted by molar-refractivity contribution is 0.0439. The van der Waals surface area contributed by atoms with E-state index in [-0.39, 0.29) is 6.61 Å². The first-order valence-corrected chi connectivity index (χ1v) is 9.00. The maximum Gasteiger partial charge on any atom is 0.338 e. The molecule has 4 rings (SSSR count). The fraction of sp³-hybridized carbons (Fsp3) is 0.143. The standard InChI is InChI=1S/C21H16ClN3O3/c1-12-13(2)25-18-9-15(5-8-17(18)24-12)21(26)27-11-20-23-10-19(28-20)14-3-6-16(22)7-4-14/h3-10H,11H2,1-2H3. The van der Waals surface area contributed by atoms with Gasteiger partial charge in [-0.1, -0.05) is 11.6 Å². The number of rotatable bonds is 4. The third-order valence-corrected chi connectivity index (χ3v) is 4.57. The van der Waals surface area contributed by atoms with Gasteiger partial charge >= 0.3 is 5.97 Å². The Hall–Kier alpha value is -3.25. The Labute approximate surface area is 166 Å². The van der Waals surface area contributed by atoms with E-state index in [1.54, 1.807) is 36.5 Å². The Morgan fingerprint density at radius 2 is 1.75 bits per heavy atom. The van der Waals surface area contributed by atoms with Crippen LogP contribution in [0, 0.1) is 13.8 Å². The van der Waals surface area contributed by atoms with Crippen LogP contribution in [0.2, 0.25) is 5.02 Å². The number of fused-ring (bicyclic) bond motifs is 1. The molecular formula is C21H16ClN3O3. The fourth-order valence-corrected chi connectivity index (χ4v) is 2.82. The largest absolute Gasteiger partial charge is 0.452 e. The first kappa shape index (κ1) is 18.1. The lowest BCUT2D eigenvalue weighted by Crippen LogP contribution is -2.06. The van der Waals surface area contributed by atoms with E-state index in [4.69, 9.17) is 20.8 Å². The second-order valence-corrected chi connectivity index (χ2v) is 6.74. The molecule has 0 aliphatic heterocycles. The first-order valence-electron chi connectivity index (χ1n) is 8.62. The van der Waals surface area contributed by atoms with E-state index < -0.39 is 5.97 Å². The second kappa shape index (κ2) is 7.40. The van der Waals surface area contributed by atoms with Gasteiger partial charge in [0.1, 0.15) is 0 Å². The van der Waals surface area contributed by atoms with Crippen molar-refractivity contribution in [1.82, 2.24) is 15.0 Å². The van der Waals surface area contributed by atoms with E-state index in [9.17, 15) is 4.79 Å². The topological polar surface area (TPSA) is 78.1 Å². The monoisotopic (exact) mass is 393 g/mol. The van der Waals surface area contributed by atoms with Crippen LogP contribution in [0.3, 0.4) is 0 Å². The number of hydrogen-bond donors (Lipinski definition) is 0. The zero-order valence-corrected chi connectivity index (χ0v) is 16.0. The number of ether oxygens (including phenoxy) is 1. The van der Waals surface area contributed by atoms with Gasteiger partial charge in [-0.3, -0.25) is 0 Å². The summed E-state index contributed by atoms with van der Waals surface area (Å²) in [7, 11) is 0. The normalized spacial score (nSPS) is 11.0. The van der Waals surface area contributed by atoms with Gasteiger partial charge in [0, 0.05) is 10.6 Å². The van der Waals surface area contributed by atoms with Crippen molar-refractivity contribution in [1.29, 1.82) is 0 Å². The quantitative estimate of drug-likeness (QED) is 0.458. The van der Waals surface area contributed by atoms with E-state index in [0.29, 0.717) is 27.8 Å². The number of oxazole rings is 1. The molecule has 0 radical (unpaired) electrons. The molecule has 140 valence electrons. The van der Waals surface area contributed by atoms with Crippen LogP contribution in [0.15, 0.2) is 53.1 Å². The van der Waals surface area contributed by atoms with E-state index >= 15 is 0 Å². The Balaban J connectivity index is 1.46. The molecule has 4 aromatic rings. The minimum absolute atomic E-state index is 0.0664. The second-order valence-electron chi connectivity index (χ2n) is 6.30. The zero-order valence-electron chi connectivity index (χ0n) is 15.3. The molecule has 0 fully saturated rings. The van der Waals surface area contributed by atoms with Crippen molar-refractivity contribution >= 4 is 28.6 Å². The maximum atomic E-state index is 12.4. The van der Waals surface area contributed by atoms with Crippen LogP contribution in [-0.4, -0.2) is 20.9 Å². The van der Waals surface area contributed by atoms with Gasteiger partial charge in [0.05, 0.1) is 34.2 Å². The molecule has 28 heavy (non-hydrogen) atoms. The Morgan fingerprint density at radius 3 is 2.50 bits per heavy atom. The van der Waals surface area contributed by atoms with Gasteiger partial charge in [0.25, 0.3) is 0 Å². The lowest BCUT2D eigenvalue weighted by Gasteiger charge is -2.05. The molecule has 0 saturated heterocycles. The first-order chi connectivity index (χ1) is 13.5. The molecule has 6 nitrogen and oxygen atoms in total. The third-order valence-electron chi connectivity index (χ3n) is 4.32. The van der Waals surface area contributed by atoms with E-state index in [1.165, 1.54) is 0 Å². The zero-order chi connectivity index (χ0) is 19.7. The highest BCUT2D eigenvalue weighted by Gasteiger charge is 2.13. The van der Waals surface area contributed by atoms with Crippen molar-refractivity contribution in [2.24, 2.45) is 0 Å².